The van der Waals surface area contributed by atoms with Gasteiger partial charge in [-0.25, -0.2) is 0 Å². The summed E-state index contributed by atoms with van der Waals surface area (Å²) in [6.45, 7) is 0. The fourth-order valence-corrected chi connectivity index (χ4v) is 2.43. The number of rotatable bonds is 1. The second kappa shape index (κ2) is 3.52. The zero-order chi connectivity index (χ0) is 12.0. The number of phenolic OH excluding ortho intramolecular Hbond substituents is 1. The molecule has 4 heteroatoms. The van der Waals surface area contributed by atoms with Crippen LogP contribution in [0.5, 0.6) is 5.75 Å². The Morgan fingerprint density at radius 1 is 1.24 bits per heavy atom. The number of benzene rings is 1. The van der Waals surface area contributed by atoms with Gasteiger partial charge < -0.3 is 10.8 Å². The summed E-state index contributed by atoms with van der Waals surface area (Å²) in [6.07, 6.45) is 3.32. The van der Waals surface area contributed by atoms with E-state index < -0.39 is 0 Å². The first kappa shape index (κ1) is 10.2. The van der Waals surface area contributed by atoms with E-state index in [1.807, 2.05) is 12.1 Å². The van der Waals surface area contributed by atoms with Crippen LogP contribution in [0, 0.1) is 0 Å². The number of nitrogens with zero attached hydrogens (tertiary/aromatic N) is 2. The third kappa shape index (κ3) is 1.56. The maximum Gasteiger partial charge on any atom is 0.125 e. The van der Waals surface area contributed by atoms with E-state index in [0.717, 1.165) is 24.1 Å². The van der Waals surface area contributed by atoms with Crippen LogP contribution in [0.2, 0.25) is 0 Å². The minimum Gasteiger partial charge on any atom is -0.507 e. The first-order chi connectivity index (χ1) is 8.15. The molecule has 0 spiro atoms. The minimum absolute atomic E-state index is 0.295. The Labute approximate surface area is 99.7 Å². The number of fused-ring (bicyclic) bond motifs is 1. The molecule has 0 saturated heterocycles. The molecule has 0 fully saturated rings. The van der Waals surface area contributed by atoms with Gasteiger partial charge in [0.15, 0.2) is 0 Å². The molecule has 3 rings (SSSR count). The lowest BCUT2D eigenvalue weighted by Gasteiger charge is -2.05. The molecule has 0 unspecified atom stereocenters. The summed E-state index contributed by atoms with van der Waals surface area (Å²) >= 11 is 0. The number of anilines is 1. The van der Waals surface area contributed by atoms with Crippen LogP contribution in [0.15, 0.2) is 18.2 Å². The van der Waals surface area contributed by atoms with Crippen molar-refractivity contribution >= 4 is 5.82 Å². The van der Waals surface area contributed by atoms with Crippen molar-refractivity contribution in [2.45, 2.75) is 19.3 Å². The molecule has 88 valence electrons. The molecule has 1 aromatic carbocycles. The Kier molecular flexibility index (Phi) is 2.11. The molecule has 1 heterocycles. The fourth-order valence-electron chi connectivity index (χ4n) is 2.43. The number of hydrogen-bond donors (Lipinski definition) is 2. The van der Waals surface area contributed by atoms with E-state index in [9.17, 15) is 5.11 Å². The van der Waals surface area contributed by atoms with Gasteiger partial charge in [-0.2, -0.15) is 5.10 Å². The smallest absolute Gasteiger partial charge is 0.125 e. The molecule has 1 aromatic heterocycles. The van der Waals surface area contributed by atoms with Crippen molar-refractivity contribution in [3.8, 4) is 17.0 Å². The van der Waals surface area contributed by atoms with Crippen LogP contribution in [0.1, 0.15) is 17.5 Å². The number of nitrogens with two attached hydrogens (primary N) is 1. The summed E-state index contributed by atoms with van der Waals surface area (Å²) < 4.78 is 1.61. The van der Waals surface area contributed by atoms with Crippen molar-refractivity contribution in [2.24, 2.45) is 7.05 Å². The van der Waals surface area contributed by atoms with Gasteiger partial charge in [-0.3, -0.25) is 4.68 Å². The third-order valence-electron chi connectivity index (χ3n) is 3.40. The first-order valence-corrected chi connectivity index (χ1v) is 5.80. The quantitative estimate of drug-likeness (QED) is 0.784. The molecular formula is C13H15N3O. The first-order valence-electron chi connectivity index (χ1n) is 5.80. The average molecular weight is 229 g/mol. The predicted octanol–water partition coefficient (Wildman–Crippen LogP) is 1.86. The topological polar surface area (TPSA) is 64.1 Å². The highest BCUT2D eigenvalue weighted by Gasteiger charge is 2.17. The number of phenols is 1. The molecule has 0 aliphatic heterocycles. The van der Waals surface area contributed by atoms with E-state index in [4.69, 9.17) is 5.73 Å². The fraction of sp³-hybridized carbons (Fsp3) is 0.308. The van der Waals surface area contributed by atoms with Gasteiger partial charge >= 0.3 is 0 Å². The Morgan fingerprint density at radius 3 is 2.59 bits per heavy atom. The monoisotopic (exact) mass is 229 g/mol. The standard InChI is InChI=1S/C13H15N3O/c1-16-13(14)7-11(15-16)10-5-8-3-2-4-9(8)6-12(10)17/h5-7,17H,2-4,14H2,1H3. The number of aromatic nitrogens is 2. The zero-order valence-corrected chi connectivity index (χ0v) is 9.77. The largest absolute Gasteiger partial charge is 0.507 e. The van der Waals surface area contributed by atoms with E-state index in [2.05, 4.69) is 5.10 Å². The summed E-state index contributed by atoms with van der Waals surface area (Å²) in [4.78, 5) is 0. The summed E-state index contributed by atoms with van der Waals surface area (Å²) in [5, 5.41) is 14.3. The lowest BCUT2D eigenvalue weighted by molar-refractivity contribution is 0.476. The molecule has 0 saturated carbocycles. The van der Waals surface area contributed by atoms with Crippen molar-refractivity contribution in [1.29, 1.82) is 0 Å². The van der Waals surface area contributed by atoms with E-state index >= 15 is 0 Å². The Hall–Kier alpha value is -1.97. The average Bonchev–Trinajstić information content (AvgIpc) is 2.85. The van der Waals surface area contributed by atoms with Gasteiger partial charge in [0, 0.05) is 18.7 Å². The molecule has 2 aromatic rings. The summed E-state index contributed by atoms with van der Waals surface area (Å²) in [5.74, 6) is 0.892. The second-order valence-corrected chi connectivity index (χ2v) is 4.57. The van der Waals surface area contributed by atoms with Crippen LogP contribution in [-0.4, -0.2) is 14.9 Å². The zero-order valence-electron chi connectivity index (χ0n) is 9.77. The lowest BCUT2D eigenvalue weighted by atomic mass is 10.0. The highest BCUT2D eigenvalue weighted by atomic mass is 16.3. The lowest BCUT2D eigenvalue weighted by Crippen LogP contribution is -1.96. The molecular weight excluding hydrogens is 214 g/mol. The van der Waals surface area contributed by atoms with Gasteiger partial charge in [-0.05, 0) is 42.5 Å². The molecule has 0 atom stereocenters. The number of hydrogen-bond acceptors (Lipinski definition) is 3. The van der Waals surface area contributed by atoms with Crippen molar-refractivity contribution in [3.63, 3.8) is 0 Å². The van der Waals surface area contributed by atoms with E-state index in [1.165, 1.54) is 17.5 Å². The van der Waals surface area contributed by atoms with E-state index in [1.54, 1.807) is 17.8 Å². The normalized spacial score (nSPS) is 13.9. The number of aromatic hydroxyl groups is 1. The Balaban J connectivity index is 2.14. The van der Waals surface area contributed by atoms with Gasteiger partial charge in [0.2, 0.25) is 0 Å². The van der Waals surface area contributed by atoms with Gasteiger partial charge in [0.05, 0.1) is 5.69 Å². The molecule has 1 aliphatic rings. The van der Waals surface area contributed by atoms with E-state index in [-0.39, 0.29) is 0 Å². The van der Waals surface area contributed by atoms with E-state index in [0.29, 0.717) is 11.6 Å². The van der Waals surface area contributed by atoms with Crippen LogP contribution in [0.4, 0.5) is 5.82 Å². The SMILES string of the molecule is Cn1nc(-c2cc3c(cc2O)CCC3)cc1N. The summed E-state index contributed by atoms with van der Waals surface area (Å²) in [6, 6.07) is 5.69. The summed E-state index contributed by atoms with van der Waals surface area (Å²) in [7, 11) is 1.79. The van der Waals surface area contributed by atoms with Crippen molar-refractivity contribution < 1.29 is 5.11 Å². The highest BCUT2D eigenvalue weighted by Crippen LogP contribution is 2.35. The highest BCUT2D eigenvalue weighted by molar-refractivity contribution is 5.70. The van der Waals surface area contributed by atoms with Crippen molar-refractivity contribution in [2.75, 3.05) is 5.73 Å². The van der Waals surface area contributed by atoms with Crippen molar-refractivity contribution in [3.05, 3.63) is 29.3 Å². The van der Waals surface area contributed by atoms with Gasteiger partial charge in [0.25, 0.3) is 0 Å². The van der Waals surface area contributed by atoms with Crippen molar-refractivity contribution in [1.82, 2.24) is 9.78 Å². The molecule has 3 N–H and O–H groups in total. The predicted molar refractivity (Wildman–Crippen MR) is 66.7 cm³/mol. The summed E-state index contributed by atoms with van der Waals surface area (Å²) in [5.41, 5.74) is 9.85. The Morgan fingerprint density at radius 2 is 1.94 bits per heavy atom. The molecule has 4 nitrogen and oxygen atoms in total. The van der Waals surface area contributed by atoms with Crippen LogP contribution < -0.4 is 5.73 Å². The van der Waals surface area contributed by atoms with Crippen LogP contribution in [-0.2, 0) is 19.9 Å². The van der Waals surface area contributed by atoms with Gasteiger partial charge in [-0.1, -0.05) is 0 Å². The number of nitrogen functional groups attached to an aromatic ring is 1. The second-order valence-electron chi connectivity index (χ2n) is 4.57. The van der Waals surface area contributed by atoms with Gasteiger partial charge in [0.1, 0.15) is 11.6 Å². The maximum atomic E-state index is 10.0. The molecule has 0 amide bonds. The molecule has 17 heavy (non-hydrogen) atoms. The molecule has 0 bridgehead atoms. The van der Waals surface area contributed by atoms with Crippen LogP contribution in [0.25, 0.3) is 11.3 Å². The van der Waals surface area contributed by atoms with Crippen LogP contribution >= 0.6 is 0 Å². The number of aryl methyl sites for hydroxylation is 3. The van der Waals surface area contributed by atoms with Crippen LogP contribution in [0.3, 0.4) is 0 Å². The minimum atomic E-state index is 0.295. The molecule has 1 aliphatic carbocycles. The van der Waals surface area contributed by atoms with Gasteiger partial charge in [-0.15, -0.1) is 0 Å². The molecule has 0 radical (unpaired) electrons. The third-order valence-corrected chi connectivity index (χ3v) is 3.40. The Bertz CT molecular complexity index is 567. The maximum absolute atomic E-state index is 10.0.